The molecule has 0 amide bonds. The summed E-state index contributed by atoms with van der Waals surface area (Å²) in [5.74, 6) is -0.557. The predicted octanol–water partition coefficient (Wildman–Crippen LogP) is 2.14. The molecular weight excluding hydrogens is 218 g/mol. The fourth-order valence-corrected chi connectivity index (χ4v) is 1.93. The van der Waals surface area contributed by atoms with Crippen LogP contribution in [0.15, 0.2) is 30.3 Å². The van der Waals surface area contributed by atoms with E-state index in [4.69, 9.17) is 9.47 Å². The molecular formula is C13H18NO3-. The normalized spacial score (nSPS) is 23.2. The SMILES string of the molecule is CC1(C)OC[C@H](CN([O-])Cc2ccccc2)O1. The van der Waals surface area contributed by atoms with Gasteiger partial charge in [0.1, 0.15) is 0 Å². The summed E-state index contributed by atoms with van der Waals surface area (Å²) in [5, 5.41) is 12.8. The van der Waals surface area contributed by atoms with Gasteiger partial charge in [-0.25, -0.2) is 0 Å². The summed E-state index contributed by atoms with van der Waals surface area (Å²) >= 11 is 0. The van der Waals surface area contributed by atoms with E-state index in [2.05, 4.69) is 0 Å². The summed E-state index contributed by atoms with van der Waals surface area (Å²) in [6.07, 6.45) is -0.133. The summed E-state index contributed by atoms with van der Waals surface area (Å²) in [5.41, 5.74) is 1.01. The fraction of sp³-hybridized carbons (Fsp3) is 0.538. The van der Waals surface area contributed by atoms with Gasteiger partial charge in [0.25, 0.3) is 0 Å². The third-order valence-corrected chi connectivity index (χ3v) is 2.68. The first-order valence-corrected chi connectivity index (χ1v) is 5.83. The van der Waals surface area contributed by atoms with E-state index in [1.54, 1.807) is 0 Å². The average molecular weight is 236 g/mol. The first-order chi connectivity index (χ1) is 8.05. The van der Waals surface area contributed by atoms with E-state index in [1.807, 2.05) is 44.2 Å². The van der Waals surface area contributed by atoms with Gasteiger partial charge in [-0.2, -0.15) is 0 Å². The minimum atomic E-state index is -0.557. The lowest BCUT2D eigenvalue weighted by Crippen LogP contribution is -2.30. The molecule has 0 radical (unpaired) electrons. The van der Waals surface area contributed by atoms with Gasteiger partial charge < -0.3 is 19.7 Å². The van der Waals surface area contributed by atoms with Crippen molar-refractivity contribution in [2.75, 3.05) is 13.2 Å². The van der Waals surface area contributed by atoms with E-state index in [9.17, 15) is 5.21 Å². The Morgan fingerprint density at radius 3 is 2.65 bits per heavy atom. The molecule has 1 fully saturated rings. The van der Waals surface area contributed by atoms with Crippen molar-refractivity contribution in [3.8, 4) is 0 Å². The van der Waals surface area contributed by atoms with Crippen molar-refractivity contribution >= 4 is 0 Å². The standard InChI is InChI=1S/C13H18NO3/c1-13(2)16-10-12(17-13)9-14(15)8-11-6-4-3-5-7-11/h3-7,12H,8-10H2,1-2H3/q-1/t12-/m0/s1. The Morgan fingerprint density at radius 2 is 2.06 bits per heavy atom. The second-order valence-electron chi connectivity index (χ2n) is 4.76. The molecule has 17 heavy (non-hydrogen) atoms. The van der Waals surface area contributed by atoms with Crippen LogP contribution in [0, 0.1) is 5.21 Å². The van der Waals surface area contributed by atoms with Crippen LogP contribution < -0.4 is 0 Å². The first kappa shape index (κ1) is 12.5. The number of hydrogen-bond acceptors (Lipinski definition) is 4. The molecule has 1 aliphatic heterocycles. The number of benzene rings is 1. The van der Waals surface area contributed by atoms with Crippen molar-refractivity contribution in [3.63, 3.8) is 0 Å². The van der Waals surface area contributed by atoms with Crippen molar-refractivity contribution in [1.82, 2.24) is 5.06 Å². The summed E-state index contributed by atoms with van der Waals surface area (Å²) in [7, 11) is 0. The van der Waals surface area contributed by atoms with Crippen LogP contribution >= 0.6 is 0 Å². The molecule has 0 spiro atoms. The molecule has 1 aromatic rings. The van der Waals surface area contributed by atoms with Gasteiger partial charge in [-0.05, 0) is 19.4 Å². The van der Waals surface area contributed by atoms with Crippen molar-refractivity contribution in [2.24, 2.45) is 0 Å². The van der Waals surface area contributed by atoms with E-state index in [-0.39, 0.29) is 6.10 Å². The van der Waals surface area contributed by atoms with E-state index in [1.165, 1.54) is 0 Å². The Balaban J connectivity index is 1.80. The lowest BCUT2D eigenvalue weighted by atomic mass is 10.2. The Bertz CT molecular complexity index is 353. The number of hydroxylamine groups is 2. The van der Waals surface area contributed by atoms with Crippen LogP contribution in [-0.4, -0.2) is 30.1 Å². The largest absolute Gasteiger partial charge is 0.785 e. The zero-order chi connectivity index (χ0) is 12.3. The minimum absolute atomic E-state index is 0.133. The van der Waals surface area contributed by atoms with E-state index in [0.717, 1.165) is 10.6 Å². The Labute approximate surface area is 102 Å². The molecule has 1 atom stereocenters. The number of hydrogen-bond donors (Lipinski definition) is 0. The second-order valence-corrected chi connectivity index (χ2v) is 4.76. The highest BCUT2D eigenvalue weighted by Gasteiger charge is 2.32. The van der Waals surface area contributed by atoms with Crippen LogP contribution in [0.4, 0.5) is 0 Å². The Morgan fingerprint density at radius 1 is 1.35 bits per heavy atom. The fourth-order valence-electron chi connectivity index (χ4n) is 1.93. The predicted molar refractivity (Wildman–Crippen MR) is 65.1 cm³/mol. The molecule has 94 valence electrons. The van der Waals surface area contributed by atoms with Gasteiger partial charge in [-0.1, -0.05) is 30.3 Å². The summed E-state index contributed by atoms with van der Waals surface area (Å²) < 4.78 is 11.0. The summed E-state index contributed by atoms with van der Waals surface area (Å²) in [6, 6.07) is 9.69. The molecule has 2 rings (SSSR count). The first-order valence-electron chi connectivity index (χ1n) is 5.83. The summed E-state index contributed by atoms with van der Waals surface area (Å²) in [4.78, 5) is 0. The molecule has 1 saturated heterocycles. The number of ether oxygens (including phenoxy) is 2. The van der Waals surface area contributed by atoms with Crippen molar-refractivity contribution < 1.29 is 9.47 Å². The molecule has 0 saturated carbocycles. The van der Waals surface area contributed by atoms with E-state index >= 15 is 0 Å². The van der Waals surface area contributed by atoms with Crippen molar-refractivity contribution in [2.45, 2.75) is 32.3 Å². The van der Waals surface area contributed by atoms with Crippen LogP contribution in [0.1, 0.15) is 19.4 Å². The quantitative estimate of drug-likeness (QED) is 0.751. The van der Waals surface area contributed by atoms with Crippen molar-refractivity contribution in [3.05, 3.63) is 41.1 Å². The monoisotopic (exact) mass is 236 g/mol. The zero-order valence-corrected chi connectivity index (χ0v) is 10.3. The lowest BCUT2D eigenvalue weighted by Gasteiger charge is -2.30. The average Bonchev–Trinajstić information content (AvgIpc) is 2.59. The number of rotatable bonds is 4. The van der Waals surface area contributed by atoms with Gasteiger partial charge in [-0.15, -0.1) is 0 Å². The second kappa shape index (κ2) is 5.14. The highest BCUT2D eigenvalue weighted by molar-refractivity contribution is 5.14. The van der Waals surface area contributed by atoms with Crippen molar-refractivity contribution in [1.29, 1.82) is 0 Å². The van der Waals surface area contributed by atoms with Gasteiger partial charge in [-0.3, -0.25) is 0 Å². The smallest absolute Gasteiger partial charge is 0.163 e. The van der Waals surface area contributed by atoms with Gasteiger partial charge in [0.05, 0.1) is 12.7 Å². The Kier molecular flexibility index (Phi) is 3.79. The van der Waals surface area contributed by atoms with Crippen LogP contribution in [0.25, 0.3) is 0 Å². The van der Waals surface area contributed by atoms with Gasteiger partial charge in [0, 0.05) is 13.1 Å². The van der Waals surface area contributed by atoms with Gasteiger partial charge in [0.15, 0.2) is 5.79 Å². The van der Waals surface area contributed by atoms with Gasteiger partial charge >= 0.3 is 0 Å². The van der Waals surface area contributed by atoms with Crippen LogP contribution in [0.5, 0.6) is 0 Å². The molecule has 0 bridgehead atoms. The Hall–Kier alpha value is -0.940. The van der Waals surface area contributed by atoms with Gasteiger partial charge in [0.2, 0.25) is 0 Å². The summed E-state index contributed by atoms with van der Waals surface area (Å²) in [6.45, 7) is 4.94. The molecule has 1 aromatic carbocycles. The van der Waals surface area contributed by atoms with E-state index in [0.29, 0.717) is 19.7 Å². The highest BCUT2D eigenvalue weighted by Crippen LogP contribution is 2.22. The molecule has 4 heteroatoms. The molecule has 0 aromatic heterocycles. The van der Waals surface area contributed by atoms with Crippen LogP contribution in [0.3, 0.4) is 0 Å². The molecule has 0 unspecified atom stereocenters. The third-order valence-electron chi connectivity index (χ3n) is 2.68. The zero-order valence-electron chi connectivity index (χ0n) is 10.3. The molecule has 1 aliphatic rings. The number of nitrogens with zero attached hydrogens (tertiary/aromatic N) is 1. The lowest BCUT2D eigenvalue weighted by molar-refractivity contribution is -0.139. The molecule has 4 nitrogen and oxygen atoms in total. The van der Waals surface area contributed by atoms with Crippen LogP contribution in [0.2, 0.25) is 0 Å². The maximum atomic E-state index is 11.8. The molecule has 1 heterocycles. The highest BCUT2D eigenvalue weighted by atomic mass is 16.7. The molecule has 0 N–H and O–H groups in total. The third kappa shape index (κ3) is 3.78. The maximum absolute atomic E-state index is 11.8. The maximum Gasteiger partial charge on any atom is 0.163 e. The van der Waals surface area contributed by atoms with Crippen LogP contribution in [-0.2, 0) is 16.0 Å². The molecule has 0 aliphatic carbocycles. The van der Waals surface area contributed by atoms with E-state index < -0.39 is 5.79 Å². The topological polar surface area (TPSA) is 44.8 Å². The minimum Gasteiger partial charge on any atom is -0.785 e.